The Balaban J connectivity index is 1.65. The monoisotopic (exact) mass is 509 g/mol. The molecule has 0 aromatic heterocycles. The van der Waals surface area contributed by atoms with Crippen LogP contribution in [0, 0.1) is 5.92 Å². The number of ether oxygens (including phenoxy) is 1. The number of aliphatic carboxylic acids is 1. The van der Waals surface area contributed by atoms with Crippen molar-refractivity contribution in [3.05, 3.63) is 65.2 Å². The maximum absolute atomic E-state index is 12.9. The number of carbonyl (C=O) groups excluding carboxylic acids is 3. The maximum Gasteiger partial charge on any atom is 0.320 e. The molecule has 3 N–H and O–H groups in total. The molecule has 3 amide bonds. The second kappa shape index (κ2) is 13.0. The van der Waals surface area contributed by atoms with E-state index in [1.807, 2.05) is 51.1 Å². The Kier molecular flexibility index (Phi) is 9.79. The van der Waals surface area contributed by atoms with Gasteiger partial charge in [0.2, 0.25) is 5.91 Å². The predicted molar refractivity (Wildman–Crippen MR) is 138 cm³/mol. The molecule has 0 aliphatic carbocycles. The number of benzene rings is 2. The largest absolute Gasteiger partial charge is 0.494 e. The van der Waals surface area contributed by atoms with Gasteiger partial charge in [0.1, 0.15) is 11.8 Å². The van der Waals surface area contributed by atoms with Gasteiger partial charge in [-0.05, 0) is 48.9 Å². The summed E-state index contributed by atoms with van der Waals surface area (Å²) in [6.45, 7) is 6.59. The van der Waals surface area contributed by atoms with Crippen molar-refractivity contribution in [2.45, 2.75) is 58.7 Å². The summed E-state index contributed by atoms with van der Waals surface area (Å²) in [5, 5.41) is 15.7. The number of hydrogen-bond donors (Lipinski definition) is 3. The zero-order valence-electron chi connectivity index (χ0n) is 21.5. The Labute approximate surface area is 217 Å². The zero-order valence-corrected chi connectivity index (χ0v) is 21.5. The standard InChI is InChI=1S/C28H35N3O6/c1-4-14-37-20-10-11-21-22(16-20)27(34)31(26(21)33)13-12-23(28(35)36)30-24(15-18(2)3)25(32)29-17-19-8-6-5-7-9-19/h5-11,16,18,23-24,30H,4,12-15,17H2,1-3H3,(H,29,32)(H,35,36)/t23?,24-/m0/s1. The molecule has 3 rings (SSSR count). The van der Waals surface area contributed by atoms with E-state index in [2.05, 4.69) is 10.6 Å². The van der Waals surface area contributed by atoms with E-state index in [0.29, 0.717) is 25.3 Å². The van der Waals surface area contributed by atoms with E-state index in [4.69, 9.17) is 4.74 Å². The average Bonchev–Trinajstić information content (AvgIpc) is 3.11. The van der Waals surface area contributed by atoms with Crippen molar-refractivity contribution in [3.8, 4) is 5.75 Å². The topological polar surface area (TPSA) is 125 Å². The fraction of sp³-hybridized carbons (Fsp3) is 0.429. The molecule has 2 atom stereocenters. The molecular formula is C28H35N3O6. The number of nitrogens with zero attached hydrogens (tertiary/aromatic N) is 1. The lowest BCUT2D eigenvalue weighted by atomic mass is 10.0. The second-order valence-electron chi connectivity index (χ2n) is 9.55. The highest BCUT2D eigenvalue weighted by Crippen LogP contribution is 2.27. The summed E-state index contributed by atoms with van der Waals surface area (Å²) in [7, 11) is 0. The zero-order chi connectivity index (χ0) is 26.9. The van der Waals surface area contributed by atoms with Crippen molar-refractivity contribution >= 4 is 23.7 Å². The van der Waals surface area contributed by atoms with Crippen molar-refractivity contribution in [3.63, 3.8) is 0 Å². The number of amides is 3. The van der Waals surface area contributed by atoms with Gasteiger partial charge in [-0.3, -0.25) is 29.4 Å². The molecule has 1 heterocycles. The van der Waals surface area contributed by atoms with Crippen LogP contribution in [0.5, 0.6) is 5.75 Å². The summed E-state index contributed by atoms with van der Waals surface area (Å²) < 4.78 is 5.57. The van der Waals surface area contributed by atoms with E-state index in [9.17, 15) is 24.3 Å². The number of carboxylic acids is 1. The van der Waals surface area contributed by atoms with Gasteiger partial charge in [-0.1, -0.05) is 51.1 Å². The van der Waals surface area contributed by atoms with E-state index in [1.54, 1.807) is 18.2 Å². The van der Waals surface area contributed by atoms with Crippen molar-refractivity contribution in [1.29, 1.82) is 0 Å². The molecule has 1 aliphatic heterocycles. The third-order valence-electron chi connectivity index (χ3n) is 6.09. The molecule has 1 aliphatic rings. The number of carbonyl (C=O) groups is 4. The van der Waals surface area contributed by atoms with Gasteiger partial charge in [0.05, 0.1) is 23.8 Å². The van der Waals surface area contributed by atoms with Crippen molar-refractivity contribution < 1.29 is 29.0 Å². The lowest BCUT2D eigenvalue weighted by Gasteiger charge is -2.25. The Hall–Kier alpha value is -3.72. The summed E-state index contributed by atoms with van der Waals surface area (Å²) in [4.78, 5) is 51.8. The van der Waals surface area contributed by atoms with Gasteiger partial charge < -0.3 is 15.2 Å². The van der Waals surface area contributed by atoms with Crippen LogP contribution >= 0.6 is 0 Å². The molecule has 1 unspecified atom stereocenters. The average molecular weight is 510 g/mol. The van der Waals surface area contributed by atoms with E-state index in [-0.39, 0.29) is 35.9 Å². The molecule has 0 radical (unpaired) electrons. The molecule has 2 aromatic rings. The highest BCUT2D eigenvalue weighted by molar-refractivity contribution is 6.21. The molecule has 0 saturated heterocycles. The Morgan fingerprint density at radius 3 is 2.35 bits per heavy atom. The quantitative estimate of drug-likeness (QED) is 0.334. The van der Waals surface area contributed by atoms with Crippen molar-refractivity contribution in [1.82, 2.24) is 15.5 Å². The minimum absolute atomic E-state index is 0.0411. The van der Waals surface area contributed by atoms with Gasteiger partial charge in [0, 0.05) is 13.1 Å². The minimum Gasteiger partial charge on any atom is -0.494 e. The molecule has 37 heavy (non-hydrogen) atoms. The van der Waals surface area contributed by atoms with E-state index in [0.717, 1.165) is 16.9 Å². The molecule has 0 spiro atoms. The third-order valence-corrected chi connectivity index (χ3v) is 6.09. The van der Waals surface area contributed by atoms with Crippen LogP contribution in [0.4, 0.5) is 0 Å². The Morgan fingerprint density at radius 2 is 1.70 bits per heavy atom. The molecule has 9 nitrogen and oxygen atoms in total. The van der Waals surface area contributed by atoms with E-state index >= 15 is 0 Å². The lowest BCUT2D eigenvalue weighted by Crippen LogP contribution is -2.52. The Bertz CT molecular complexity index is 1120. The molecule has 0 fully saturated rings. The number of hydrogen-bond acceptors (Lipinski definition) is 6. The van der Waals surface area contributed by atoms with Gasteiger partial charge in [-0.15, -0.1) is 0 Å². The number of rotatable bonds is 14. The van der Waals surface area contributed by atoms with Gasteiger partial charge >= 0.3 is 5.97 Å². The summed E-state index contributed by atoms with van der Waals surface area (Å²) in [5.41, 5.74) is 1.45. The number of nitrogens with one attached hydrogen (secondary N) is 2. The first kappa shape index (κ1) is 27.9. The van der Waals surface area contributed by atoms with Gasteiger partial charge in [0.15, 0.2) is 0 Å². The second-order valence-corrected chi connectivity index (χ2v) is 9.55. The van der Waals surface area contributed by atoms with Gasteiger partial charge in [0.25, 0.3) is 11.8 Å². The molecule has 2 aromatic carbocycles. The van der Waals surface area contributed by atoms with Gasteiger partial charge in [-0.2, -0.15) is 0 Å². The van der Waals surface area contributed by atoms with Crippen LogP contribution in [0.3, 0.4) is 0 Å². The van der Waals surface area contributed by atoms with Crippen LogP contribution < -0.4 is 15.4 Å². The summed E-state index contributed by atoms with van der Waals surface area (Å²) in [6, 6.07) is 12.3. The minimum atomic E-state index is -1.16. The van der Waals surface area contributed by atoms with E-state index < -0.39 is 29.9 Å². The number of imide groups is 1. The Morgan fingerprint density at radius 1 is 1.00 bits per heavy atom. The highest BCUT2D eigenvalue weighted by atomic mass is 16.5. The first-order valence-electron chi connectivity index (χ1n) is 12.6. The fourth-order valence-electron chi connectivity index (χ4n) is 4.19. The SMILES string of the molecule is CCCOc1ccc2c(c1)C(=O)N(CCC(N[C@@H](CC(C)C)C(=O)NCc1ccccc1)C(=O)O)C2=O. The summed E-state index contributed by atoms with van der Waals surface area (Å²) >= 11 is 0. The molecule has 0 bridgehead atoms. The molecule has 9 heteroatoms. The smallest absolute Gasteiger partial charge is 0.320 e. The third kappa shape index (κ3) is 7.39. The number of fused-ring (bicyclic) bond motifs is 1. The van der Waals surface area contributed by atoms with Crippen molar-refractivity contribution in [2.24, 2.45) is 5.92 Å². The number of carboxylic acid groups (broad SMARTS) is 1. The molecule has 198 valence electrons. The predicted octanol–water partition coefficient (Wildman–Crippen LogP) is 3.24. The van der Waals surface area contributed by atoms with E-state index in [1.165, 1.54) is 0 Å². The summed E-state index contributed by atoms with van der Waals surface area (Å²) in [5.74, 6) is -1.77. The molecule has 0 saturated carbocycles. The fourth-order valence-corrected chi connectivity index (χ4v) is 4.19. The molecular weight excluding hydrogens is 474 g/mol. The van der Waals surface area contributed by atoms with Crippen LogP contribution in [0.25, 0.3) is 0 Å². The van der Waals surface area contributed by atoms with Crippen molar-refractivity contribution in [2.75, 3.05) is 13.2 Å². The highest BCUT2D eigenvalue weighted by Gasteiger charge is 2.37. The van der Waals surface area contributed by atoms with Crippen LogP contribution in [0.2, 0.25) is 0 Å². The van der Waals surface area contributed by atoms with Crippen LogP contribution in [-0.2, 0) is 16.1 Å². The van der Waals surface area contributed by atoms with Crippen LogP contribution in [0.15, 0.2) is 48.5 Å². The summed E-state index contributed by atoms with van der Waals surface area (Å²) in [6.07, 6.45) is 1.19. The first-order valence-corrected chi connectivity index (χ1v) is 12.6. The van der Waals surface area contributed by atoms with Crippen LogP contribution in [0.1, 0.15) is 66.3 Å². The van der Waals surface area contributed by atoms with Gasteiger partial charge in [-0.25, -0.2) is 0 Å². The first-order chi connectivity index (χ1) is 17.7. The van der Waals surface area contributed by atoms with Crippen LogP contribution in [-0.4, -0.2) is 58.9 Å². The lowest BCUT2D eigenvalue weighted by molar-refractivity contribution is -0.140. The normalized spacial score (nSPS) is 14.4. The maximum atomic E-state index is 12.9.